The minimum absolute atomic E-state index is 0.112. The van der Waals surface area contributed by atoms with Gasteiger partial charge in [-0.1, -0.05) is 11.3 Å². The standard InChI is InChI=1S/C12H19N3OS/c16-9-11-7-13-12(17-11)15-6-2-5-14-4-1-3-10(14)8-15/h7,10,16H,1-6,8-9H2. The molecule has 1 aromatic rings. The van der Waals surface area contributed by atoms with Gasteiger partial charge >= 0.3 is 0 Å². The van der Waals surface area contributed by atoms with Crippen LogP contribution in [0.2, 0.25) is 0 Å². The van der Waals surface area contributed by atoms with E-state index in [9.17, 15) is 0 Å². The Bertz CT molecular complexity index is 382. The largest absolute Gasteiger partial charge is 0.391 e. The van der Waals surface area contributed by atoms with E-state index in [2.05, 4.69) is 14.8 Å². The van der Waals surface area contributed by atoms with Crippen molar-refractivity contribution in [3.63, 3.8) is 0 Å². The third kappa shape index (κ3) is 2.32. The number of aliphatic hydroxyl groups is 1. The van der Waals surface area contributed by atoms with Gasteiger partial charge in [0, 0.05) is 31.9 Å². The summed E-state index contributed by atoms with van der Waals surface area (Å²) >= 11 is 1.63. The van der Waals surface area contributed by atoms with E-state index in [0.717, 1.165) is 29.1 Å². The maximum Gasteiger partial charge on any atom is 0.185 e. The number of thiazole rings is 1. The minimum atomic E-state index is 0.112. The van der Waals surface area contributed by atoms with Gasteiger partial charge in [-0.25, -0.2) is 4.98 Å². The molecule has 0 aliphatic carbocycles. The average Bonchev–Trinajstić information content (AvgIpc) is 2.94. The summed E-state index contributed by atoms with van der Waals surface area (Å²) in [6.45, 7) is 4.84. The molecule has 1 unspecified atom stereocenters. The van der Waals surface area contributed by atoms with Crippen molar-refractivity contribution in [2.45, 2.75) is 31.9 Å². The number of anilines is 1. The number of hydrogen-bond acceptors (Lipinski definition) is 5. The smallest absolute Gasteiger partial charge is 0.185 e. The van der Waals surface area contributed by atoms with Crippen LogP contribution in [0.15, 0.2) is 6.20 Å². The molecule has 0 bridgehead atoms. The predicted octanol–water partition coefficient (Wildman–Crippen LogP) is 1.31. The molecule has 3 rings (SSSR count). The van der Waals surface area contributed by atoms with E-state index in [-0.39, 0.29) is 6.61 Å². The van der Waals surface area contributed by atoms with E-state index >= 15 is 0 Å². The van der Waals surface area contributed by atoms with Gasteiger partial charge in [0.05, 0.1) is 11.5 Å². The lowest BCUT2D eigenvalue weighted by atomic mass is 10.2. The molecule has 94 valence electrons. The molecule has 2 fully saturated rings. The number of nitrogens with zero attached hydrogens (tertiary/aromatic N) is 3. The Morgan fingerprint density at radius 1 is 1.35 bits per heavy atom. The van der Waals surface area contributed by atoms with Crippen LogP contribution in [0.3, 0.4) is 0 Å². The third-order valence-corrected chi connectivity index (χ3v) is 4.81. The Hall–Kier alpha value is -0.650. The minimum Gasteiger partial charge on any atom is -0.391 e. The molecule has 2 saturated heterocycles. The lowest BCUT2D eigenvalue weighted by Gasteiger charge is -2.25. The van der Waals surface area contributed by atoms with Crippen LogP contribution in [0.4, 0.5) is 5.13 Å². The molecule has 4 nitrogen and oxygen atoms in total. The number of rotatable bonds is 2. The van der Waals surface area contributed by atoms with Crippen LogP contribution in [-0.4, -0.2) is 47.2 Å². The van der Waals surface area contributed by atoms with E-state index in [1.807, 2.05) is 0 Å². The molecular formula is C12H19N3OS. The number of fused-ring (bicyclic) bond motifs is 1. The highest BCUT2D eigenvalue weighted by Crippen LogP contribution is 2.27. The molecule has 1 N–H and O–H groups in total. The van der Waals surface area contributed by atoms with Gasteiger partial charge in [-0.05, 0) is 25.8 Å². The quantitative estimate of drug-likeness (QED) is 0.862. The van der Waals surface area contributed by atoms with Gasteiger partial charge in [0.25, 0.3) is 0 Å². The Morgan fingerprint density at radius 2 is 2.24 bits per heavy atom. The van der Waals surface area contributed by atoms with E-state index in [0.29, 0.717) is 0 Å². The predicted molar refractivity (Wildman–Crippen MR) is 69.5 cm³/mol. The summed E-state index contributed by atoms with van der Waals surface area (Å²) in [5.41, 5.74) is 0. The summed E-state index contributed by atoms with van der Waals surface area (Å²) in [6, 6.07) is 0.721. The first-order chi connectivity index (χ1) is 8.36. The fourth-order valence-corrected chi connectivity index (χ4v) is 3.70. The van der Waals surface area contributed by atoms with Crippen LogP contribution in [0.25, 0.3) is 0 Å². The molecule has 1 aromatic heterocycles. The van der Waals surface area contributed by atoms with Crippen molar-refractivity contribution in [2.75, 3.05) is 31.1 Å². The highest BCUT2D eigenvalue weighted by atomic mass is 32.1. The van der Waals surface area contributed by atoms with Crippen molar-refractivity contribution >= 4 is 16.5 Å². The van der Waals surface area contributed by atoms with Gasteiger partial charge < -0.3 is 10.0 Å². The van der Waals surface area contributed by atoms with Crippen molar-refractivity contribution in [3.8, 4) is 0 Å². The molecule has 0 amide bonds. The first-order valence-electron chi connectivity index (χ1n) is 6.41. The van der Waals surface area contributed by atoms with Crippen LogP contribution >= 0.6 is 11.3 Å². The zero-order valence-corrected chi connectivity index (χ0v) is 10.8. The average molecular weight is 253 g/mol. The molecule has 2 aliphatic heterocycles. The summed E-state index contributed by atoms with van der Waals surface area (Å²) in [5.74, 6) is 0. The second-order valence-electron chi connectivity index (χ2n) is 4.90. The fourth-order valence-electron chi connectivity index (χ4n) is 2.90. The van der Waals surface area contributed by atoms with Crippen molar-refractivity contribution in [3.05, 3.63) is 11.1 Å². The molecule has 0 saturated carbocycles. The van der Waals surface area contributed by atoms with Crippen molar-refractivity contribution < 1.29 is 5.11 Å². The van der Waals surface area contributed by atoms with Crippen LogP contribution in [0.1, 0.15) is 24.1 Å². The Balaban J connectivity index is 1.74. The number of aliphatic hydroxyl groups excluding tert-OH is 1. The highest BCUT2D eigenvalue weighted by Gasteiger charge is 2.29. The molecular weight excluding hydrogens is 234 g/mol. The zero-order chi connectivity index (χ0) is 11.7. The van der Waals surface area contributed by atoms with Crippen LogP contribution < -0.4 is 4.90 Å². The lowest BCUT2D eigenvalue weighted by Crippen LogP contribution is -2.36. The normalized spacial score (nSPS) is 25.9. The molecule has 1 atom stereocenters. The zero-order valence-electron chi connectivity index (χ0n) is 10.0. The van der Waals surface area contributed by atoms with E-state index in [4.69, 9.17) is 5.11 Å². The second kappa shape index (κ2) is 4.92. The molecule has 0 aromatic carbocycles. The van der Waals surface area contributed by atoms with Crippen LogP contribution in [0.5, 0.6) is 0 Å². The van der Waals surface area contributed by atoms with Gasteiger partial charge in [0.15, 0.2) is 5.13 Å². The third-order valence-electron chi connectivity index (χ3n) is 3.77. The molecule has 5 heteroatoms. The Labute approximate surface area is 106 Å². The summed E-state index contributed by atoms with van der Waals surface area (Å²) in [7, 11) is 0. The van der Waals surface area contributed by atoms with Crippen molar-refractivity contribution in [1.82, 2.24) is 9.88 Å². The molecule has 17 heavy (non-hydrogen) atoms. The topological polar surface area (TPSA) is 39.6 Å². The summed E-state index contributed by atoms with van der Waals surface area (Å²) in [5, 5.41) is 10.2. The maximum absolute atomic E-state index is 9.10. The van der Waals surface area contributed by atoms with Gasteiger partial charge in [-0.3, -0.25) is 4.90 Å². The van der Waals surface area contributed by atoms with Gasteiger partial charge in [-0.2, -0.15) is 0 Å². The maximum atomic E-state index is 9.10. The first-order valence-corrected chi connectivity index (χ1v) is 7.23. The van der Waals surface area contributed by atoms with Crippen LogP contribution in [0, 0.1) is 0 Å². The van der Waals surface area contributed by atoms with E-state index in [1.54, 1.807) is 17.5 Å². The monoisotopic (exact) mass is 253 g/mol. The van der Waals surface area contributed by atoms with Crippen molar-refractivity contribution in [1.29, 1.82) is 0 Å². The number of hydrogen-bond donors (Lipinski definition) is 1. The Kier molecular flexibility index (Phi) is 3.31. The molecule has 3 heterocycles. The highest BCUT2D eigenvalue weighted by molar-refractivity contribution is 7.15. The summed E-state index contributed by atoms with van der Waals surface area (Å²) < 4.78 is 0. The summed E-state index contributed by atoms with van der Waals surface area (Å²) in [4.78, 5) is 10.4. The SMILES string of the molecule is OCc1cnc(N2CCCN3CCCC3C2)s1. The van der Waals surface area contributed by atoms with Crippen LogP contribution in [-0.2, 0) is 6.61 Å². The first kappa shape index (κ1) is 11.4. The summed E-state index contributed by atoms with van der Waals surface area (Å²) in [6.07, 6.45) is 5.70. The van der Waals surface area contributed by atoms with Gasteiger partial charge in [-0.15, -0.1) is 0 Å². The molecule has 0 radical (unpaired) electrons. The Morgan fingerprint density at radius 3 is 3.06 bits per heavy atom. The van der Waals surface area contributed by atoms with E-state index in [1.165, 1.54) is 32.4 Å². The fraction of sp³-hybridized carbons (Fsp3) is 0.750. The van der Waals surface area contributed by atoms with Crippen molar-refractivity contribution in [2.24, 2.45) is 0 Å². The lowest BCUT2D eigenvalue weighted by molar-refractivity contribution is 0.273. The van der Waals surface area contributed by atoms with Gasteiger partial charge in [0.2, 0.25) is 0 Å². The van der Waals surface area contributed by atoms with E-state index < -0.39 is 0 Å². The molecule has 0 spiro atoms. The second-order valence-corrected chi connectivity index (χ2v) is 5.99. The molecule has 2 aliphatic rings. The van der Waals surface area contributed by atoms with Gasteiger partial charge in [0.1, 0.15) is 0 Å². The number of aromatic nitrogens is 1.